The molecule has 0 heterocycles. The summed E-state index contributed by atoms with van der Waals surface area (Å²) < 4.78 is 10.6. The molecule has 5 nitrogen and oxygen atoms in total. The van der Waals surface area contributed by atoms with Crippen LogP contribution in [0.15, 0.2) is 48.5 Å². The van der Waals surface area contributed by atoms with Crippen LogP contribution in [0.1, 0.15) is 30.6 Å². The Kier molecular flexibility index (Phi) is 7.48. The van der Waals surface area contributed by atoms with Crippen molar-refractivity contribution in [3.05, 3.63) is 59.1 Å². The molecule has 0 bridgehead atoms. The molecule has 26 heavy (non-hydrogen) atoms. The maximum atomic E-state index is 11.9. The van der Waals surface area contributed by atoms with Crippen LogP contribution in [0.2, 0.25) is 5.02 Å². The van der Waals surface area contributed by atoms with Crippen LogP contribution in [0, 0.1) is 5.92 Å². The molecule has 1 N–H and O–H groups in total. The number of benzene rings is 2. The molecule has 0 saturated carbocycles. The molecule has 2 aromatic rings. The van der Waals surface area contributed by atoms with Crippen molar-refractivity contribution in [3.63, 3.8) is 0 Å². The highest BCUT2D eigenvalue weighted by Crippen LogP contribution is 2.16. The van der Waals surface area contributed by atoms with Gasteiger partial charge >= 0.3 is 5.97 Å². The zero-order valence-electron chi connectivity index (χ0n) is 14.8. The Morgan fingerprint density at radius 2 is 1.69 bits per heavy atom. The van der Waals surface area contributed by atoms with Crippen LogP contribution in [0.5, 0.6) is 5.75 Å². The molecule has 0 aliphatic rings. The Labute approximate surface area is 158 Å². The molecule has 0 aliphatic heterocycles. The lowest BCUT2D eigenvalue weighted by molar-refractivity contribution is -0.116. The molecule has 0 saturated heterocycles. The molecule has 0 spiro atoms. The summed E-state index contributed by atoms with van der Waals surface area (Å²) in [6.45, 7) is 4.59. The van der Waals surface area contributed by atoms with Crippen LogP contribution in [0.25, 0.3) is 0 Å². The van der Waals surface area contributed by atoms with Gasteiger partial charge in [0.15, 0.2) is 0 Å². The largest absolute Gasteiger partial charge is 0.493 e. The van der Waals surface area contributed by atoms with E-state index in [1.807, 2.05) is 13.8 Å². The molecule has 2 aromatic carbocycles. The third-order valence-corrected chi connectivity index (χ3v) is 3.62. The fourth-order valence-electron chi connectivity index (χ4n) is 2.03. The average Bonchev–Trinajstić information content (AvgIpc) is 2.62. The minimum absolute atomic E-state index is 0.172. The second-order valence-corrected chi connectivity index (χ2v) is 6.61. The van der Waals surface area contributed by atoms with E-state index in [0.717, 1.165) is 0 Å². The summed E-state index contributed by atoms with van der Waals surface area (Å²) in [6.07, 6.45) is 0.209. The standard InChI is InChI=1S/C20H22ClNO4/c1-14(2)13-26-20(24)15-3-7-17(8-4-15)22-19(23)11-12-25-18-9-5-16(21)6-10-18/h3-10,14H,11-13H2,1-2H3,(H,22,23). The number of hydrogen-bond donors (Lipinski definition) is 1. The SMILES string of the molecule is CC(C)COC(=O)c1ccc(NC(=O)CCOc2ccc(Cl)cc2)cc1. The Morgan fingerprint density at radius 1 is 1.04 bits per heavy atom. The van der Waals surface area contributed by atoms with Crippen LogP contribution in [0.4, 0.5) is 5.69 Å². The molecular formula is C20H22ClNO4. The number of anilines is 1. The number of nitrogens with one attached hydrogen (secondary N) is 1. The van der Waals surface area contributed by atoms with Gasteiger partial charge in [0.2, 0.25) is 5.91 Å². The lowest BCUT2D eigenvalue weighted by atomic mass is 10.2. The van der Waals surface area contributed by atoms with Gasteiger partial charge in [-0.25, -0.2) is 4.79 Å². The summed E-state index contributed by atoms with van der Waals surface area (Å²) in [5, 5.41) is 3.39. The van der Waals surface area contributed by atoms with Crippen LogP contribution in [0.3, 0.4) is 0 Å². The second kappa shape index (κ2) is 9.82. The van der Waals surface area contributed by atoms with E-state index in [2.05, 4.69) is 5.32 Å². The van der Waals surface area contributed by atoms with Crippen molar-refractivity contribution < 1.29 is 19.1 Å². The van der Waals surface area contributed by atoms with E-state index in [-0.39, 0.29) is 30.8 Å². The van der Waals surface area contributed by atoms with Gasteiger partial charge in [0.05, 0.1) is 25.2 Å². The van der Waals surface area contributed by atoms with Gasteiger partial charge in [0.1, 0.15) is 5.75 Å². The number of esters is 1. The lowest BCUT2D eigenvalue weighted by Crippen LogP contribution is -2.15. The number of rotatable bonds is 8. The monoisotopic (exact) mass is 375 g/mol. The minimum atomic E-state index is -0.368. The number of ether oxygens (including phenoxy) is 2. The maximum Gasteiger partial charge on any atom is 0.338 e. The van der Waals surface area contributed by atoms with Crippen molar-refractivity contribution in [2.45, 2.75) is 20.3 Å². The zero-order chi connectivity index (χ0) is 18.9. The Morgan fingerprint density at radius 3 is 2.31 bits per heavy atom. The molecule has 2 rings (SSSR count). The first kappa shape index (κ1) is 19.8. The molecule has 6 heteroatoms. The second-order valence-electron chi connectivity index (χ2n) is 6.17. The van der Waals surface area contributed by atoms with Crippen LogP contribution >= 0.6 is 11.6 Å². The van der Waals surface area contributed by atoms with E-state index >= 15 is 0 Å². The fourth-order valence-corrected chi connectivity index (χ4v) is 2.16. The predicted molar refractivity (Wildman–Crippen MR) is 102 cm³/mol. The number of halogens is 1. The highest BCUT2D eigenvalue weighted by Gasteiger charge is 2.09. The topological polar surface area (TPSA) is 64.6 Å². The van der Waals surface area contributed by atoms with E-state index in [0.29, 0.717) is 28.6 Å². The Hall–Kier alpha value is -2.53. The van der Waals surface area contributed by atoms with Gasteiger partial charge in [-0.2, -0.15) is 0 Å². The number of carbonyl (C=O) groups excluding carboxylic acids is 2. The molecule has 0 unspecified atom stereocenters. The number of carbonyl (C=O) groups is 2. The summed E-state index contributed by atoms with van der Waals surface area (Å²) in [5.41, 5.74) is 1.07. The highest BCUT2D eigenvalue weighted by molar-refractivity contribution is 6.30. The molecule has 0 radical (unpaired) electrons. The average molecular weight is 376 g/mol. The minimum Gasteiger partial charge on any atom is -0.493 e. The quantitative estimate of drug-likeness (QED) is 0.687. The Bertz CT molecular complexity index is 726. The molecule has 0 atom stereocenters. The first-order chi connectivity index (χ1) is 12.4. The lowest BCUT2D eigenvalue weighted by Gasteiger charge is -2.09. The molecule has 0 aromatic heterocycles. The van der Waals surface area contributed by atoms with Crippen molar-refractivity contribution >= 4 is 29.2 Å². The molecular weight excluding hydrogens is 354 g/mol. The first-order valence-corrected chi connectivity index (χ1v) is 8.77. The highest BCUT2D eigenvalue weighted by atomic mass is 35.5. The van der Waals surface area contributed by atoms with Gasteiger partial charge in [-0.1, -0.05) is 25.4 Å². The van der Waals surface area contributed by atoms with Gasteiger partial charge in [-0.05, 0) is 54.4 Å². The van der Waals surface area contributed by atoms with Gasteiger partial charge in [-0.15, -0.1) is 0 Å². The molecule has 0 fully saturated rings. The van der Waals surface area contributed by atoms with Crippen LogP contribution in [-0.4, -0.2) is 25.1 Å². The summed E-state index contributed by atoms with van der Waals surface area (Å²) in [5.74, 6) is 0.404. The van der Waals surface area contributed by atoms with Crippen molar-refractivity contribution in [1.82, 2.24) is 0 Å². The molecule has 0 aliphatic carbocycles. The molecule has 138 valence electrons. The summed E-state index contributed by atoms with van der Waals surface area (Å²) >= 11 is 5.80. The van der Waals surface area contributed by atoms with E-state index in [1.165, 1.54) is 0 Å². The van der Waals surface area contributed by atoms with Crippen LogP contribution < -0.4 is 10.1 Å². The maximum absolute atomic E-state index is 11.9. The summed E-state index contributed by atoms with van der Waals surface area (Å²) in [4.78, 5) is 23.8. The number of amides is 1. The molecule has 1 amide bonds. The summed E-state index contributed by atoms with van der Waals surface area (Å²) in [7, 11) is 0. The van der Waals surface area contributed by atoms with Gasteiger partial charge in [0.25, 0.3) is 0 Å². The smallest absolute Gasteiger partial charge is 0.338 e. The first-order valence-electron chi connectivity index (χ1n) is 8.39. The van der Waals surface area contributed by atoms with Crippen LogP contribution in [-0.2, 0) is 9.53 Å². The third kappa shape index (κ3) is 6.76. The third-order valence-electron chi connectivity index (χ3n) is 3.36. The van der Waals surface area contributed by atoms with Crippen molar-refractivity contribution in [1.29, 1.82) is 0 Å². The number of hydrogen-bond acceptors (Lipinski definition) is 4. The predicted octanol–water partition coefficient (Wildman–Crippen LogP) is 4.56. The van der Waals surface area contributed by atoms with E-state index < -0.39 is 0 Å². The zero-order valence-corrected chi connectivity index (χ0v) is 15.6. The normalized spacial score (nSPS) is 10.5. The fraction of sp³-hybridized carbons (Fsp3) is 0.300. The van der Waals surface area contributed by atoms with E-state index in [4.69, 9.17) is 21.1 Å². The Balaban J connectivity index is 1.76. The van der Waals surface area contributed by atoms with Crippen molar-refractivity contribution in [2.24, 2.45) is 5.92 Å². The van der Waals surface area contributed by atoms with E-state index in [1.54, 1.807) is 48.5 Å². The van der Waals surface area contributed by atoms with Gasteiger partial charge in [0, 0.05) is 10.7 Å². The van der Waals surface area contributed by atoms with Crippen molar-refractivity contribution in [2.75, 3.05) is 18.5 Å². The van der Waals surface area contributed by atoms with Crippen molar-refractivity contribution in [3.8, 4) is 5.75 Å². The van der Waals surface area contributed by atoms with E-state index in [9.17, 15) is 9.59 Å². The van der Waals surface area contributed by atoms with Gasteiger partial charge in [-0.3, -0.25) is 4.79 Å². The van der Waals surface area contributed by atoms with Gasteiger partial charge < -0.3 is 14.8 Å². The summed E-state index contributed by atoms with van der Waals surface area (Å²) in [6, 6.07) is 13.5.